The van der Waals surface area contributed by atoms with E-state index in [1.807, 2.05) is 12.1 Å². The minimum atomic E-state index is 0.396. The molecule has 76 valence electrons. The summed E-state index contributed by atoms with van der Waals surface area (Å²) in [6.45, 7) is 6.85. The fraction of sp³-hybridized carbons (Fsp3) is 0.333. The topological polar surface area (TPSA) is 12.0 Å². The molecule has 0 amide bonds. The van der Waals surface area contributed by atoms with E-state index in [1.54, 1.807) is 0 Å². The summed E-state index contributed by atoms with van der Waals surface area (Å²) < 4.78 is 1.13. The molecule has 0 saturated heterocycles. The Kier molecular flexibility index (Phi) is 4.91. The van der Waals surface area contributed by atoms with Crippen molar-refractivity contribution >= 4 is 15.9 Å². The van der Waals surface area contributed by atoms with E-state index in [0.29, 0.717) is 6.04 Å². The molecule has 0 spiro atoms. The molecule has 0 bridgehead atoms. The van der Waals surface area contributed by atoms with Gasteiger partial charge in [0.15, 0.2) is 0 Å². The third-order valence-electron chi connectivity index (χ3n) is 2.15. The van der Waals surface area contributed by atoms with Crippen molar-refractivity contribution < 1.29 is 0 Å². The summed E-state index contributed by atoms with van der Waals surface area (Å²) in [5.41, 5.74) is 1.31. The lowest BCUT2D eigenvalue weighted by Gasteiger charge is -2.13. The molecule has 1 aromatic rings. The van der Waals surface area contributed by atoms with Gasteiger partial charge in [0.25, 0.3) is 0 Å². The molecule has 0 aliphatic rings. The standard InChI is InChI=1S/C12H16BrN/c1-3-4-8-14-10(2)11-6-5-7-12(13)9-11/h3,5-7,9-10,14H,1,4,8H2,2H3. The highest BCUT2D eigenvalue weighted by molar-refractivity contribution is 9.10. The van der Waals surface area contributed by atoms with Crippen LogP contribution in [0.4, 0.5) is 0 Å². The average molecular weight is 254 g/mol. The van der Waals surface area contributed by atoms with Gasteiger partial charge in [0.2, 0.25) is 0 Å². The molecule has 1 atom stereocenters. The first kappa shape index (κ1) is 11.5. The lowest BCUT2D eigenvalue weighted by atomic mass is 10.1. The highest BCUT2D eigenvalue weighted by Gasteiger charge is 2.03. The van der Waals surface area contributed by atoms with E-state index in [2.05, 4.69) is 52.9 Å². The van der Waals surface area contributed by atoms with Gasteiger partial charge in [0.1, 0.15) is 0 Å². The summed E-state index contributed by atoms with van der Waals surface area (Å²) >= 11 is 3.47. The van der Waals surface area contributed by atoms with Gasteiger partial charge >= 0.3 is 0 Å². The quantitative estimate of drug-likeness (QED) is 0.624. The zero-order chi connectivity index (χ0) is 10.4. The average Bonchev–Trinajstić information content (AvgIpc) is 2.18. The second-order valence-corrected chi connectivity index (χ2v) is 4.22. The molecule has 0 aliphatic heterocycles. The SMILES string of the molecule is C=CCCNC(C)c1cccc(Br)c1. The van der Waals surface area contributed by atoms with Gasteiger partial charge in [-0.2, -0.15) is 0 Å². The molecule has 1 rings (SSSR count). The molecule has 0 aromatic heterocycles. The molecule has 2 heteroatoms. The first-order valence-corrected chi connectivity index (χ1v) is 5.63. The van der Waals surface area contributed by atoms with Crippen LogP contribution in [-0.4, -0.2) is 6.54 Å². The molecule has 1 N–H and O–H groups in total. The van der Waals surface area contributed by atoms with Gasteiger partial charge in [0.05, 0.1) is 0 Å². The van der Waals surface area contributed by atoms with E-state index >= 15 is 0 Å². The number of rotatable bonds is 5. The molecule has 1 unspecified atom stereocenters. The molecular formula is C12H16BrN. The predicted molar refractivity (Wildman–Crippen MR) is 65.4 cm³/mol. The van der Waals surface area contributed by atoms with Crippen LogP contribution in [0.3, 0.4) is 0 Å². The first-order chi connectivity index (χ1) is 6.74. The monoisotopic (exact) mass is 253 g/mol. The van der Waals surface area contributed by atoms with Crippen molar-refractivity contribution in [1.82, 2.24) is 5.32 Å². The number of hydrogen-bond acceptors (Lipinski definition) is 1. The highest BCUT2D eigenvalue weighted by Crippen LogP contribution is 2.17. The molecule has 0 radical (unpaired) electrons. The Bertz CT molecular complexity index is 296. The van der Waals surface area contributed by atoms with Gasteiger partial charge in [-0.3, -0.25) is 0 Å². The Balaban J connectivity index is 2.51. The molecule has 0 aliphatic carbocycles. The van der Waals surface area contributed by atoms with Crippen molar-refractivity contribution in [2.75, 3.05) is 6.54 Å². The van der Waals surface area contributed by atoms with Crippen molar-refractivity contribution in [2.45, 2.75) is 19.4 Å². The van der Waals surface area contributed by atoms with Crippen LogP contribution in [0.1, 0.15) is 24.9 Å². The largest absolute Gasteiger partial charge is 0.310 e. The van der Waals surface area contributed by atoms with Crippen LogP contribution in [0.2, 0.25) is 0 Å². The maximum absolute atomic E-state index is 3.70. The molecule has 0 fully saturated rings. The predicted octanol–water partition coefficient (Wildman–Crippen LogP) is 3.68. The summed E-state index contributed by atoms with van der Waals surface area (Å²) in [6, 6.07) is 8.78. The Hall–Kier alpha value is -0.600. The molecule has 14 heavy (non-hydrogen) atoms. The van der Waals surface area contributed by atoms with Crippen LogP contribution >= 0.6 is 15.9 Å². The van der Waals surface area contributed by atoms with E-state index < -0.39 is 0 Å². The smallest absolute Gasteiger partial charge is 0.0292 e. The van der Waals surface area contributed by atoms with Gasteiger partial charge in [-0.15, -0.1) is 6.58 Å². The molecule has 0 heterocycles. The second-order valence-electron chi connectivity index (χ2n) is 3.31. The molecule has 1 aromatic carbocycles. The van der Waals surface area contributed by atoms with Gasteiger partial charge in [-0.1, -0.05) is 34.1 Å². The van der Waals surface area contributed by atoms with Gasteiger partial charge in [-0.25, -0.2) is 0 Å². The van der Waals surface area contributed by atoms with Gasteiger partial charge < -0.3 is 5.32 Å². The second kappa shape index (κ2) is 5.99. The lowest BCUT2D eigenvalue weighted by molar-refractivity contribution is 0.581. The molecular weight excluding hydrogens is 238 g/mol. The van der Waals surface area contributed by atoms with E-state index in [9.17, 15) is 0 Å². The van der Waals surface area contributed by atoms with Crippen LogP contribution in [-0.2, 0) is 0 Å². The lowest BCUT2D eigenvalue weighted by Crippen LogP contribution is -2.19. The van der Waals surface area contributed by atoms with Crippen LogP contribution in [0.15, 0.2) is 41.4 Å². The summed E-state index contributed by atoms with van der Waals surface area (Å²) in [5, 5.41) is 3.43. The van der Waals surface area contributed by atoms with E-state index in [1.165, 1.54) is 5.56 Å². The summed E-state index contributed by atoms with van der Waals surface area (Å²) in [7, 11) is 0. The minimum absolute atomic E-state index is 0.396. The van der Waals surface area contributed by atoms with Crippen LogP contribution < -0.4 is 5.32 Å². The van der Waals surface area contributed by atoms with Crippen molar-refractivity contribution in [3.05, 3.63) is 47.0 Å². The molecule has 0 saturated carbocycles. The van der Waals surface area contributed by atoms with Gasteiger partial charge in [-0.05, 0) is 37.6 Å². The van der Waals surface area contributed by atoms with Crippen LogP contribution in [0.5, 0.6) is 0 Å². The zero-order valence-electron chi connectivity index (χ0n) is 8.46. The van der Waals surface area contributed by atoms with Crippen molar-refractivity contribution in [1.29, 1.82) is 0 Å². The maximum Gasteiger partial charge on any atom is 0.0292 e. The number of hydrogen-bond donors (Lipinski definition) is 1. The van der Waals surface area contributed by atoms with E-state index in [4.69, 9.17) is 0 Å². The summed E-state index contributed by atoms with van der Waals surface area (Å²) in [4.78, 5) is 0. The van der Waals surface area contributed by atoms with Gasteiger partial charge in [0, 0.05) is 10.5 Å². The fourth-order valence-electron chi connectivity index (χ4n) is 1.30. The van der Waals surface area contributed by atoms with Crippen molar-refractivity contribution in [3.63, 3.8) is 0 Å². The fourth-order valence-corrected chi connectivity index (χ4v) is 1.71. The Morgan fingerprint density at radius 2 is 2.36 bits per heavy atom. The maximum atomic E-state index is 3.70. The zero-order valence-corrected chi connectivity index (χ0v) is 10.0. The highest BCUT2D eigenvalue weighted by atomic mass is 79.9. The number of halogens is 1. The van der Waals surface area contributed by atoms with Crippen LogP contribution in [0, 0.1) is 0 Å². The summed E-state index contributed by atoms with van der Waals surface area (Å²) in [6.07, 6.45) is 2.94. The minimum Gasteiger partial charge on any atom is -0.310 e. The van der Waals surface area contributed by atoms with Crippen LogP contribution in [0.25, 0.3) is 0 Å². The third-order valence-corrected chi connectivity index (χ3v) is 2.64. The number of benzene rings is 1. The first-order valence-electron chi connectivity index (χ1n) is 4.84. The van der Waals surface area contributed by atoms with E-state index in [-0.39, 0.29) is 0 Å². The normalized spacial score (nSPS) is 12.4. The Morgan fingerprint density at radius 1 is 1.57 bits per heavy atom. The van der Waals surface area contributed by atoms with E-state index in [0.717, 1.165) is 17.4 Å². The summed E-state index contributed by atoms with van der Waals surface area (Å²) in [5.74, 6) is 0. The third kappa shape index (κ3) is 3.64. The van der Waals surface area contributed by atoms with Crippen molar-refractivity contribution in [3.8, 4) is 0 Å². The number of nitrogens with one attached hydrogen (secondary N) is 1. The Labute approximate surface area is 94.3 Å². The van der Waals surface area contributed by atoms with Crippen molar-refractivity contribution in [2.24, 2.45) is 0 Å². The molecule has 1 nitrogen and oxygen atoms in total. The Morgan fingerprint density at radius 3 is 3.00 bits per heavy atom.